The van der Waals surface area contributed by atoms with Crippen molar-refractivity contribution in [3.8, 4) is 0 Å². The maximum absolute atomic E-state index is 2.42. The molecule has 0 nitrogen and oxygen atoms in total. The topological polar surface area (TPSA) is 0 Å². The van der Waals surface area contributed by atoms with Crippen LogP contribution in [0.5, 0.6) is 0 Å². The average Bonchev–Trinajstić information content (AvgIpc) is 2.15. The lowest BCUT2D eigenvalue weighted by Crippen LogP contribution is -2.24. The number of hydrogen-bond donors (Lipinski definition) is 0. The highest BCUT2D eigenvalue weighted by atomic mass is 14.4. The van der Waals surface area contributed by atoms with Crippen molar-refractivity contribution < 1.29 is 0 Å². The van der Waals surface area contributed by atoms with Gasteiger partial charge in [-0.1, -0.05) is 6.92 Å². The molecular formula is C10H19+. The predicted octanol–water partition coefficient (Wildman–Crippen LogP) is 3.43. The van der Waals surface area contributed by atoms with Crippen LogP contribution in [-0.4, -0.2) is 0 Å². The van der Waals surface area contributed by atoms with Gasteiger partial charge in [0.15, 0.2) is 0 Å². The normalized spacial score (nSPS) is 40.2. The summed E-state index contributed by atoms with van der Waals surface area (Å²) in [5.74, 6) is 2.54. The summed E-state index contributed by atoms with van der Waals surface area (Å²) < 4.78 is 0. The van der Waals surface area contributed by atoms with Crippen molar-refractivity contribution in [1.29, 1.82) is 0 Å². The molecule has 1 aliphatic rings. The van der Waals surface area contributed by atoms with E-state index in [4.69, 9.17) is 0 Å². The van der Waals surface area contributed by atoms with Crippen LogP contribution in [0.25, 0.3) is 0 Å². The van der Waals surface area contributed by atoms with Crippen LogP contribution in [0, 0.1) is 17.3 Å². The molecule has 0 spiro atoms. The van der Waals surface area contributed by atoms with Crippen molar-refractivity contribution in [3.63, 3.8) is 0 Å². The summed E-state index contributed by atoms with van der Waals surface area (Å²) in [6.07, 6.45) is 4.28. The molecule has 0 bridgehead atoms. The zero-order valence-corrected chi connectivity index (χ0v) is 7.70. The highest BCUT2D eigenvalue weighted by molar-refractivity contribution is 5.03. The fourth-order valence-corrected chi connectivity index (χ4v) is 2.08. The van der Waals surface area contributed by atoms with Gasteiger partial charge in [-0.05, 0) is 26.2 Å². The molecule has 2 unspecified atom stereocenters. The van der Waals surface area contributed by atoms with Crippen LogP contribution in [-0.2, 0) is 0 Å². The molecule has 0 heteroatoms. The minimum Gasteiger partial charge on any atom is -0.0579 e. The summed E-state index contributed by atoms with van der Waals surface area (Å²) in [4.78, 5) is 0. The van der Waals surface area contributed by atoms with Crippen LogP contribution >= 0.6 is 0 Å². The average molecular weight is 139 g/mol. The van der Waals surface area contributed by atoms with Crippen LogP contribution in [0.2, 0.25) is 0 Å². The van der Waals surface area contributed by atoms with Gasteiger partial charge in [0.2, 0.25) is 0 Å². The Bertz CT molecular complexity index is 115. The van der Waals surface area contributed by atoms with Crippen molar-refractivity contribution >= 4 is 0 Å². The zero-order valence-electron chi connectivity index (χ0n) is 7.70. The van der Waals surface area contributed by atoms with Gasteiger partial charge in [0.25, 0.3) is 0 Å². The van der Waals surface area contributed by atoms with Gasteiger partial charge < -0.3 is 0 Å². The first-order valence-electron chi connectivity index (χ1n) is 4.38. The van der Waals surface area contributed by atoms with E-state index in [1.165, 1.54) is 19.3 Å². The van der Waals surface area contributed by atoms with E-state index in [-0.39, 0.29) is 0 Å². The van der Waals surface area contributed by atoms with Gasteiger partial charge in [-0.3, -0.25) is 0 Å². The predicted molar refractivity (Wildman–Crippen MR) is 45.7 cm³/mol. The highest BCUT2D eigenvalue weighted by Gasteiger charge is 2.46. The summed E-state index contributed by atoms with van der Waals surface area (Å²) in [5.41, 5.74) is 0.569. The van der Waals surface area contributed by atoms with Crippen LogP contribution < -0.4 is 0 Å². The molecule has 1 saturated carbocycles. The zero-order chi connectivity index (χ0) is 7.78. The molecule has 0 aromatic heterocycles. The molecule has 0 aliphatic heterocycles. The summed E-state index contributed by atoms with van der Waals surface area (Å²) in [6, 6.07) is 0. The Labute approximate surface area is 65.0 Å². The maximum Gasteiger partial charge on any atom is 0.109 e. The molecule has 1 fully saturated rings. The summed E-state index contributed by atoms with van der Waals surface area (Å²) in [7, 11) is 0. The largest absolute Gasteiger partial charge is 0.109 e. The van der Waals surface area contributed by atoms with E-state index >= 15 is 0 Å². The van der Waals surface area contributed by atoms with E-state index in [1.54, 1.807) is 5.92 Å². The van der Waals surface area contributed by atoms with Gasteiger partial charge in [-0.2, -0.15) is 0 Å². The van der Waals surface area contributed by atoms with Gasteiger partial charge in [-0.25, -0.2) is 0 Å². The van der Waals surface area contributed by atoms with Crippen LogP contribution in [0.3, 0.4) is 0 Å². The molecule has 0 aromatic carbocycles. The highest BCUT2D eigenvalue weighted by Crippen LogP contribution is 2.48. The molecule has 0 amide bonds. The van der Waals surface area contributed by atoms with Gasteiger partial charge in [0.1, 0.15) is 5.41 Å². The Morgan fingerprint density at radius 3 is 2.20 bits per heavy atom. The summed E-state index contributed by atoms with van der Waals surface area (Å²) in [6.45, 7) is 9.36. The van der Waals surface area contributed by atoms with E-state index in [9.17, 15) is 0 Å². The second-order valence-corrected chi connectivity index (χ2v) is 4.21. The first kappa shape index (κ1) is 7.97. The lowest BCUT2D eigenvalue weighted by molar-refractivity contribution is 0.267. The van der Waals surface area contributed by atoms with Gasteiger partial charge in [-0.15, -0.1) is 0 Å². The lowest BCUT2D eigenvalue weighted by atomic mass is 9.72. The van der Waals surface area contributed by atoms with E-state index in [1.807, 2.05) is 0 Å². The third-order valence-electron chi connectivity index (χ3n) is 3.56. The monoisotopic (exact) mass is 139 g/mol. The third kappa shape index (κ3) is 1.04. The van der Waals surface area contributed by atoms with Crippen molar-refractivity contribution in [2.45, 2.75) is 47.0 Å². The molecule has 0 N–H and O–H groups in total. The second kappa shape index (κ2) is 2.48. The van der Waals surface area contributed by atoms with Crippen molar-refractivity contribution in [1.82, 2.24) is 0 Å². The molecule has 10 heavy (non-hydrogen) atoms. The first-order valence-corrected chi connectivity index (χ1v) is 4.38. The van der Waals surface area contributed by atoms with Crippen LogP contribution in [0.1, 0.15) is 47.0 Å². The Morgan fingerprint density at radius 2 is 2.00 bits per heavy atom. The smallest absolute Gasteiger partial charge is 0.0579 e. The van der Waals surface area contributed by atoms with Crippen LogP contribution in [0.15, 0.2) is 0 Å². The fraction of sp³-hybridized carbons (Fsp3) is 0.900. The Morgan fingerprint density at radius 1 is 1.40 bits per heavy atom. The van der Waals surface area contributed by atoms with Crippen molar-refractivity contribution in [2.75, 3.05) is 0 Å². The van der Waals surface area contributed by atoms with E-state index < -0.39 is 0 Å². The fourth-order valence-electron chi connectivity index (χ4n) is 2.08. The van der Waals surface area contributed by atoms with E-state index in [2.05, 4.69) is 27.7 Å². The maximum atomic E-state index is 2.42. The Kier molecular flexibility index (Phi) is 1.98. The molecule has 0 saturated heterocycles. The molecule has 0 radical (unpaired) electrons. The second-order valence-electron chi connectivity index (χ2n) is 4.21. The quantitative estimate of drug-likeness (QED) is 0.488. The molecule has 1 aliphatic carbocycles. The molecule has 0 heterocycles. The number of hydrogen-bond acceptors (Lipinski definition) is 0. The molecule has 2 atom stereocenters. The molecule has 1 rings (SSSR count). The lowest BCUT2D eigenvalue weighted by Gasteiger charge is -2.24. The standard InChI is InChI=1S/C10H19/c1-8(2)10(4)7-5-6-9(10)3/h9H,5-7H2,1-4H3/q+1. The minimum atomic E-state index is 0.569. The van der Waals surface area contributed by atoms with E-state index in [0.29, 0.717) is 5.41 Å². The third-order valence-corrected chi connectivity index (χ3v) is 3.56. The molecule has 0 aromatic rings. The molecule has 58 valence electrons. The minimum absolute atomic E-state index is 0.569. The van der Waals surface area contributed by atoms with Crippen molar-refractivity contribution in [2.24, 2.45) is 11.3 Å². The summed E-state index contributed by atoms with van der Waals surface area (Å²) >= 11 is 0. The Hall–Kier alpha value is -0.130. The van der Waals surface area contributed by atoms with Gasteiger partial charge >= 0.3 is 0 Å². The first-order chi connectivity index (χ1) is 4.57. The Balaban J connectivity index is 2.66. The van der Waals surface area contributed by atoms with E-state index in [0.717, 1.165) is 5.92 Å². The number of rotatable bonds is 1. The molecular weight excluding hydrogens is 120 g/mol. The van der Waals surface area contributed by atoms with Crippen molar-refractivity contribution in [3.05, 3.63) is 5.92 Å². The van der Waals surface area contributed by atoms with Gasteiger partial charge in [0, 0.05) is 5.92 Å². The van der Waals surface area contributed by atoms with Gasteiger partial charge in [0.05, 0.1) is 19.8 Å². The van der Waals surface area contributed by atoms with Crippen LogP contribution in [0.4, 0.5) is 0 Å². The summed E-state index contributed by atoms with van der Waals surface area (Å²) in [5, 5.41) is 0. The SMILES string of the molecule is C[C+](C)C1(C)CCCC1C.